The molecule has 4 aromatic rings. The summed E-state index contributed by atoms with van der Waals surface area (Å²) in [6.45, 7) is 0.223. The molecule has 0 radical (unpaired) electrons. The van der Waals surface area contributed by atoms with Crippen LogP contribution in [0, 0.1) is 0 Å². The van der Waals surface area contributed by atoms with Gasteiger partial charge in [-0.2, -0.15) is 5.10 Å². The molecule has 0 bridgehead atoms. The number of carboxylic acid groups (broad SMARTS) is 1. The molecule has 1 heterocycles. The number of hydrogen-bond acceptors (Lipinski definition) is 5. The number of carbonyl (C=O) groups is 2. The van der Waals surface area contributed by atoms with Gasteiger partial charge in [0, 0.05) is 5.39 Å². The summed E-state index contributed by atoms with van der Waals surface area (Å²) in [5, 5.41) is 13.9. The smallest absolute Gasteiger partial charge is 0.335 e. The molecule has 0 aliphatic carbocycles. The third-order valence-electron chi connectivity index (χ3n) is 4.55. The highest BCUT2D eigenvalue weighted by Gasteiger charge is 2.11. The molecule has 0 aliphatic rings. The first-order valence-electron chi connectivity index (χ1n) is 9.56. The van der Waals surface area contributed by atoms with Gasteiger partial charge in [-0.1, -0.05) is 30.3 Å². The highest BCUT2D eigenvalue weighted by molar-refractivity contribution is 9.10. The SMILES string of the molecule is O=C(O)c1cccc(COc2ccc(/C=N/NC(=O)c3cc4ccccc4o3)cc2Br)c1. The molecular weight excluding hydrogens is 476 g/mol. The van der Waals surface area contributed by atoms with E-state index < -0.39 is 11.9 Å². The minimum Gasteiger partial charge on any atom is -0.488 e. The number of furan rings is 1. The van der Waals surface area contributed by atoms with Gasteiger partial charge in [-0.25, -0.2) is 10.2 Å². The first kappa shape index (κ1) is 21.3. The number of halogens is 1. The van der Waals surface area contributed by atoms with Crippen LogP contribution in [0.4, 0.5) is 0 Å². The number of carboxylic acids is 1. The number of hydrazone groups is 1. The first-order valence-corrected chi connectivity index (χ1v) is 10.4. The topological polar surface area (TPSA) is 101 Å². The van der Waals surface area contributed by atoms with E-state index in [0.717, 1.165) is 16.5 Å². The number of fused-ring (bicyclic) bond motifs is 1. The summed E-state index contributed by atoms with van der Waals surface area (Å²) in [6.07, 6.45) is 1.51. The van der Waals surface area contributed by atoms with Gasteiger partial charge in [0.25, 0.3) is 0 Å². The number of ether oxygens (including phenoxy) is 1. The number of benzene rings is 3. The zero-order chi connectivity index (χ0) is 22.5. The van der Waals surface area contributed by atoms with Gasteiger partial charge in [-0.15, -0.1) is 0 Å². The van der Waals surface area contributed by atoms with E-state index in [-0.39, 0.29) is 17.9 Å². The summed E-state index contributed by atoms with van der Waals surface area (Å²) in [6, 6.07) is 20.9. The molecule has 4 rings (SSSR count). The summed E-state index contributed by atoms with van der Waals surface area (Å²) >= 11 is 3.45. The van der Waals surface area contributed by atoms with Gasteiger partial charge in [0.2, 0.25) is 0 Å². The number of aromatic carboxylic acids is 1. The molecule has 1 aromatic heterocycles. The van der Waals surface area contributed by atoms with Crippen molar-refractivity contribution in [3.63, 3.8) is 0 Å². The quantitative estimate of drug-likeness (QED) is 0.271. The maximum atomic E-state index is 12.2. The number of amides is 1. The summed E-state index contributed by atoms with van der Waals surface area (Å²) in [5.41, 5.74) is 4.77. The van der Waals surface area contributed by atoms with Gasteiger partial charge in [0.15, 0.2) is 5.76 Å². The van der Waals surface area contributed by atoms with Crippen LogP contribution in [-0.4, -0.2) is 23.2 Å². The molecule has 1 amide bonds. The Kier molecular flexibility index (Phi) is 6.32. The largest absolute Gasteiger partial charge is 0.488 e. The second-order valence-electron chi connectivity index (χ2n) is 6.83. The average molecular weight is 493 g/mol. The number of hydrogen-bond donors (Lipinski definition) is 2. The van der Waals surface area contributed by atoms with Gasteiger partial charge in [-0.05, 0) is 69.5 Å². The number of nitrogens with one attached hydrogen (secondary N) is 1. The van der Waals surface area contributed by atoms with Gasteiger partial charge in [0.05, 0.1) is 16.3 Å². The fourth-order valence-corrected chi connectivity index (χ4v) is 3.49. The number of rotatable bonds is 7. The van der Waals surface area contributed by atoms with Crippen molar-refractivity contribution in [2.45, 2.75) is 6.61 Å². The van der Waals surface area contributed by atoms with Crippen LogP contribution >= 0.6 is 15.9 Å². The number of nitrogens with zero attached hydrogens (tertiary/aromatic N) is 1. The van der Waals surface area contributed by atoms with Crippen molar-refractivity contribution in [2.24, 2.45) is 5.10 Å². The Balaban J connectivity index is 1.36. The van der Waals surface area contributed by atoms with Crippen LogP contribution in [0.15, 0.2) is 86.8 Å². The Hall–Kier alpha value is -3.91. The van der Waals surface area contributed by atoms with Gasteiger partial charge in [0.1, 0.15) is 17.9 Å². The molecule has 0 unspecified atom stereocenters. The van der Waals surface area contributed by atoms with E-state index in [1.165, 1.54) is 12.3 Å². The Morgan fingerprint density at radius 1 is 1.06 bits per heavy atom. The van der Waals surface area contributed by atoms with Crippen LogP contribution in [0.2, 0.25) is 0 Å². The van der Waals surface area contributed by atoms with Crippen molar-refractivity contribution in [1.82, 2.24) is 5.43 Å². The molecule has 7 nitrogen and oxygen atoms in total. The van der Waals surface area contributed by atoms with E-state index in [2.05, 4.69) is 26.5 Å². The highest BCUT2D eigenvalue weighted by Crippen LogP contribution is 2.26. The fraction of sp³-hybridized carbons (Fsp3) is 0.0417. The zero-order valence-corrected chi connectivity index (χ0v) is 18.2. The summed E-state index contributed by atoms with van der Waals surface area (Å²) in [7, 11) is 0. The third kappa shape index (κ3) is 5.04. The number of para-hydroxylation sites is 1. The molecule has 3 aromatic carbocycles. The minimum absolute atomic E-state index is 0.181. The van der Waals surface area contributed by atoms with Crippen molar-refractivity contribution >= 4 is 45.0 Å². The van der Waals surface area contributed by atoms with Crippen LogP contribution in [0.5, 0.6) is 5.75 Å². The maximum absolute atomic E-state index is 12.2. The molecule has 8 heteroatoms. The molecule has 0 spiro atoms. The Morgan fingerprint density at radius 2 is 1.91 bits per heavy atom. The Morgan fingerprint density at radius 3 is 2.69 bits per heavy atom. The molecule has 160 valence electrons. The Labute approximate surface area is 191 Å². The van der Waals surface area contributed by atoms with Crippen molar-refractivity contribution in [1.29, 1.82) is 0 Å². The zero-order valence-electron chi connectivity index (χ0n) is 16.6. The Bertz CT molecular complexity index is 1300. The minimum atomic E-state index is -0.982. The lowest BCUT2D eigenvalue weighted by Gasteiger charge is -2.09. The summed E-state index contributed by atoms with van der Waals surface area (Å²) in [5.74, 6) is -0.654. The predicted molar refractivity (Wildman–Crippen MR) is 123 cm³/mol. The molecular formula is C24H17BrN2O5. The standard InChI is InChI=1S/C24H17BrN2O5/c25-19-11-15(8-9-21(19)31-14-16-4-3-6-18(10-16)24(29)30)13-26-27-23(28)22-12-17-5-1-2-7-20(17)32-22/h1-13H,14H2,(H,27,28)(H,29,30)/b26-13+. The third-order valence-corrected chi connectivity index (χ3v) is 5.17. The van der Waals surface area contributed by atoms with Gasteiger partial charge >= 0.3 is 11.9 Å². The van der Waals surface area contributed by atoms with Crippen LogP contribution < -0.4 is 10.2 Å². The lowest BCUT2D eigenvalue weighted by Crippen LogP contribution is -2.16. The molecule has 32 heavy (non-hydrogen) atoms. The number of carbonyl (C=O) groups excluding carboxylic acids is 1. The van der Waals surface area contributed by atoms with E-state index >= 15 is 0 Å². The molecule has 0 saturated heterocycles. The molecule has 0 aliphatic heterocycles. The molecule has 0 atom stereocenters. The van der Waals surface area contributed by atoms with Gasteiger partial charge < -0.3 is 14.3 Å². The van der Waals surface area contributed by atoms with E-state index in [0.29, 0.717) is 15.8 Å². The lowest BCUT2D eigenvalue weighted by atomic mass is 10.1. The molecule has 0 fully saturated rings. The second-order valence-corrected chi connectivity index (χ2v) is 7.69. The fourth-order valence-electron chi connectivity index (χ4n) is 2.98. The molecule has 2 N–H and O–H groups in total. The van der Waals surface area contributed by atoms with Crippen molar-refractivity contribution in [3.8, 4) is 5.75 Å². The lowest BCUT2D eigenvalue weighted by molar-refractivity contribution is 0.0696. The predicted octanol–water partition coefficient (Wildman–Crippen LogP) is 5.24. The van der Waals surface area contributed by atoms with E-state index in [1.807, 2.05) is 18.2 Å². The van der Waals surface area contributed by atoms with Crippen LogP contribution in [0.1, 0.15) is 32.0 Å². The van der Waals surface area contributed by atoms with E-state index in [9.17, 15) is 9.59 Å². The van der Waals surface area contributed by atoms with Crippen LogP contribution in [0.25, 0.3) is 11.0 Å². The van der Waals surface area contributed by atoms with Crippen molar-refractivity contribution < 1.29 is 23.8 Å². The summed E-state index contributed by atoms with van der Waals surface area (Å²) < 4.78 is 12.0. The van der Waals surface area contributed by atoms with Crippen LogP contribution in [0.3, 0.4) is 0 Å². The van der Waals surface area contributed by atoms with Crippen molar-refractivity contribution in [2.75, 3.05) is 0 Å². The molecule has 0 saturated carbocycles. The maximum Gasteiger partial charge on any atom is 0.335 e. The first-order chi connectivity index (χ1) is 15.5. The van der Waals surface area contributed by atoms with E-state index in [4.69, 9.17) is 14.3 Å². The van der Waals surface area contributed by atoms with Crippen LogP contribution in [-0.2, 0) is 6.61 Å². The summed E-state index contributed by atoms with van der Waals surface area (Å²) in [4.78, 5) is 23.3. The van der Waals surface area contributed by atoms with E-state index in [1.54, 1.807) is 48.5 Å². The second kappa shape index (κ2) is 9.49. The van der Waals surface area contributed by atoms with Gasteiger partial charge in [-0.3, -0.25) is 4.79 Å². The average Bonchev–Trinajstić information content (AvgIpc) is 3.23. The van der Waals surface area contributed by atoms with Crippen molar-refractivity contribution in [3.05, 3.63) is 99.7 Å². The normalized spacial score (nSPS) is 11.0. The highest BCUT2D eigenvalue weighted by atomic mass is 79.9. The monoisotopic (exact) mass is 492 g/mol.